The maximum absolute atomic E-state index is 8.72. The molecule has 0 fully saturated rings. The van der Waals surface area contributed by atoms with Gasteiger partial charge in [0.05, 0.1) is 10.7 Å². The van der Waals surface area contributed by atoms with Crippen LogP contribution >= 0.6 is 23.1 Å². The molecule has 0 amide bonds. The standard InChI is InChI=1S/C15H28N2OS2/c1-11(16-7-10-19-9-6-8-18)13-12(2)17-14(20-13)15(3,4)5/h11,16,18H,6-10H2,1-5H3. The smallest absolute Gasteiger partial charge is 0.0985 e. The number of hydrogen-bond donors (Lipinski definition) is 2. The number of thiazole rings is 1. The van der Waals surface area contributed by atoms with Crippen LogP contribution < -0.4 is 5.32 Å². The van der Waals surface area contributed by atoms with Crippen molar-refractivity contribution in [1.29, 1.82) is 0 Å². The normalized spacial score (nSPS) is 13.7. The van der Waals surface area contributed by atoms with Crippen LogP contribution in [-0.2, 0) is 5.41 Å². The highest BCUT2D eigenvalue weighted by atomic mass is 32.2. The van der Waals surface area contributed by atoms with Crippen molar-refractivity contribution in [3.8, 4) is 0 Å². The fourth-order valence-corrected chi connectivity index (χ4v) is 3.79. The van der Waals surface area contributed by atoms with E-state index in [1.807, 2.05) is 23.1 Å². The highest BCUT2D eigenvalue weighted by Crippen LogP contribution is 2.32. The minimum absolute atomic E-state index is 0.132. The van der Waals surface area contributed by atoms with E-state index >= 15 is 0 Å². The highest BCUT2D eigenvalue weighted by Gasteiger charge is 2.22. The summed E-state index contributed by atoms with van der Waals surface area (Å²) < 4.78 is 0. The van der Waals surface area contributed by atoms with Gasteiger partial charge in [-0.2, -0.15) is 11.8 Å². The van der Waals surface area contributed by atoms with Gasteiger partial charge in [-0.05, 0) is 26.0 Å². The van der Waals surface area contributed by atoms with Gasteiger partial charge in [0, 0.05) is 35.2 Å². The Hall–Kier alpha value is -0.100. The number of aliphatic hydroxyl groups excluding tert-OH is 1. The average Bonchev–Trinajstić information content (AvgIpc) is 2.75. The second-order valence-electron chi connectivity index (χ2n) is 6.08. The monoisotopic (exact) mass is 316 g/mol. The lowest BCUT2D eigenvalue weighted by molar-refractivity contribution is 0.296. The fourth-order valence-electron chi connectivity index (χ4n) is 1.84. The fraction of sp³-hybridized carbons (Fsp3) is 0.800. The van der Waals surface area contributed by atoms with Crippen molar-refractivity contribution >= 4 is 23.1 Å². The van der Waals surface area contributed by atoms with Gasteiger partial charge in [-0.15, -0.1) is 11.3 Å². The topological polar surface area (TPSA) is 45.2 Å². The number of nitrogens with zero attached hydrogens (tertiary/aromatic N) is 1. The molecule has 1 atom stereocenters. The molecule has 1 rings (SSSR count). The summed E-state index contributed by atoms with van der Waals surface area (Å²) in [6, 6.07) is 0.363. The van der Waals surface area contributed by atoms with E-state index in [4.69, 9.17) is 10.1 Å². The number of aliphatic hydroxyl groups is 1. The SMILES string of the molecule is Cc1nc(C(C)(C)C)sc1C(C)NCCSCCCO. The lowest BCUT2D eigenvalue weighted by Gasteiger charge is -2.14. The largest absolute Gasteiger partial charge is 0.396 e. The van der Waals surface area contributed by atoms with Crippen LogP contribution in [0.15, 0.2) is 0 Å². The van der Waals surface area contributed by atoms with Crippen LogP contribution in [0.4, 0.5) is 0 Å². The molecule has 0 spiro atoms. The minimum Gasteiger partial charge on any atom is -0.396 e. The van der Waals surface area contributed by atoms with Gasteiger partial charge in [0.15, 0.2) is 0 Å². The first-order valence-electron chi connectivity index (χ1n) is 7.26. The van der Waals surface area contributed by atoms with Crippen LogP contribution in [0.1, 0.15) is 55.7 Å². The maximum Gasteiger partial charge on any atom is 0.0985 e. The van der Waals surface area contributed by atoms with Crippen molar-refractivity contribution in [3.05, 3.63) is 15.6 Å². The summed E-state index contributed by atoms with van der Waals surface area (Å²) in [6.07, 6.45) is 0.892. The molecular weight excluding hydrogens is 288 g/mol. The zero-order valence-corrected chi connectivity index (χ0v) is 15.0. The Bertz CT molecular complexity index is 399. The molecule has 2 N–H and O–H groups in total. The molecule has 0 aliphatic heterocycles. The number of aromatic nitrogens is 1. The second kappa shape index (κ2) is 8.37. The summed E-state index contributed by atoms with van der Waals surface area (Å²) in [5.41, 5.74) is 1.29. The van der Waals surface area contributed by atoms with Gasteiger partial charge < -0.3 is 10.4 Å². The molecule has 5 heteroatoms. The molecule has 1 aromatic rings. The van der Waals surface area contributed by atoms with Crippen molar-refractivity contribution in [2.24, 2.45) is 0 Å². The number of aryl methyl sites for hydroxylation is 1. The zero-order valence-electron chi connectivity index (χ0n) is 13.3. The summed E-state index contributed by atoms with van der Waals surface area (Å²) >= 11 is 3.73. The molecule has 0 aromatic carbocycles. The molecule has 0 saturated heterocycles. The van der Waals surface area contributed by atoms with E-state index in [0.29, 0.717) is 12.6 Å². The Balaban J connectivity index is 2.43. The molecule has 0 saturated carbocycles. The molecule has 0 radical (unpaired) electrons. The molecule has 116 valence electrons. The molecule has 1 heterocycles. The van der Waals surface area contributed by atoms with E-state index in [9.17, 15) is 0 Å². The Morgan fingerprint density at radius 3 is 2.60 bits per heavy atom. The van der Waals surface area contributed by atoms with Crippen molar-refractivity contribution in [2.75, 3.05) is 24.7 Å². The van der Waals surface area contributed by atoms with E-state index in [2.05, 4.69) is 39.9 Å². The summed E-state index contributed by atoms with van der Waals surface area (Å²) in [7, 11) is 0. The predicted octanol–water partition coefficient (Wildman–Crippen LogP) is 3.52. The van der Waals surface area contributed by atoms with Gasteiger partial charge >= 0.3 is 0 Å². The number of nitrogens with one attached hydrogen (secondary N) is 1. The van der Waals surface area contributed by atoms with E-state index in [1.54, 1.807) is 0 Å². The minimum atomic E-state index is 0.132. The molecule has 20 heavy (non-hydrogen) atoms. The third-order valence-electron chi connectivity index (χ3n) is 3.01. The number of rotatable bonds is 8. The Morgan fingerprint density at radius 1 is 1.35 bits per heavy atom. The Labute approximate surface area is 131 Å². The van der Waals surface area contributed by atoms with Gasteiger partial charge in [-0.25, -0.2) is 4.98 Å². The van der Waals surface area contributed by atoms with E-state index < -0.39 is 0 Å². The highest BCUT2D eigenvalue weighted by molar-refractivity contribution is 7.99. The van der Waals surface area contributed by atoms with Crippen LogP contribution in [-0.4, -0.2) is 34.7 Å². The lowest BCUT2D eigenvalue weighted by atomic mass is 9.98. The van der Waals surface area contributed by atoms with E-state index in [-0.39, 0.29) is 5.41 Å². The first kappa shape index (κ1) is 18.0. The van der Waals surface area contributed by atoms with Crippen LogP contribution in [0.25, 0.3) is 0 Å². The lowest BCUT2D eigenvalue weighted by Crippen LogP contribution is -2.21. The maximum atomic E-state index is 8.72. The van der Waals surface area contributed by atoms with Gasteiger partial charge in [0.1, 0.15) is 0 Å². The molecule has 1 unspecified atom stereocenters. The third kappa shape index (κ3) is 5.72. The van der Waals surface area contributed by atoms with Crippen LogP contribution in [0.2, 0.25) is 0 Å². The summed E-state index contributed by atoms with van der Waals surface area (Å²) in [4.78, 5) is 6.07. The first-order chi connectivity index (χ1) is 9.36. The summed E-state index contributed by atoms with van der Waals surface area (Å²) in [5, 5.41) is 13.5. The van der Waals surface area contributed by atoms with Crippen LogP contribution in [0, 0.1) is 6.92 Å². The Kier molecular flexibility index (Phi) is 7.51. The molecular formula is C15H28N2OS2. The molecule has 1 aromatic heterocycles. The van der Waals surface area contributed by atoms with Gasteiger partial charge in [0.2, 0.25) is 0 Å². The van der Waals surface area contributed by atoms with Gasteiger partial charge in [-0.1, -0.05) is 20.8 Å². The summed E-state index contributed by atoms with van der Waals surface area (Å²) in [5.74, 6) is 2.13. The first-order valence-corrected chi connectivity index (χ1v) is 9.23. The third-order valence-corrected chi connectivity index (χ3v) is 5.85. The van der Waals surface area contributed by atoms with Gasteiger partial charge in [0.25, 0.3) is 0 Å². The molecule has 0 aliphatic rings. The van der Waals surface area contributed by atoms with Crippen molar-refractivity contribution in [2.45, 2.75) is 52.5 Å². The average molecular weight is 317 g/mol. The predicted molar refractivity (Wildman–Crippen MR) is 91.0 cm³/mol. The van der Waals surface area contributed by atoms with Crippen molar-refractivity contribution in [3.63, 3.8) is 0 Å². The van der Waals surface area contributed by atoms with Crippen LogP contribution in [0.5, 0.6) is 0 Å². The van der Waals surface area contributed by atoms with Crippen molar-refractivity contribution < 1.29 is 5.11 Å². The Morgan fingerprint density at radius 2 is 2.05 bits per heavy atom. The van der Waals surface area contributed by atoms with E-state index in [1.165, 1.54) is 9.88 Å². The number of hydrogen-bond acceptors (Lipinski definition) is 5. The second-order valence-corrected chi connectivity index (χ2v) is 8.34. The summed E-state index contributed by atoms with van der Waals surface area (Å²) in [6.45, 7) is 12.3. The van der Waals surface area contributed by atoms with Crippen LogP contribution in [0.3, 0.4) is 0 Å². The zero-order chi connectivity index (χ0) is 15.2. The molecule has 3 nitrogen and oxygen atoms in total. The molecule has 0 aliphatic carbocycles. The molecule has 0 bridgehead atoms. The quantitative estimate of drug-likeness (QED) is 0.720. The van der Waals surface area contributed by atoms with E-state index in [0.717, 1.165) is 30.2 Å². The number of thioether (sulfide) groups is 1. The van der Waals surface area contributed by atoms with Gasteiger partial charge in [-0.3, -0.25) is 0 Å². The van der Waals surface area contributed by atoms with Crippen molar-refractivity contribution in [1.82, 2.24) is 10.3 Å².